The summed E-state index contributed by atoms with van der Waals surface area (Å²) in [6, 6.07) is 15.0. The average molecular weight is 258 g/mol. The van der Waals surface area contributed by atoms with E-state index in [0.29, 0.717) is 0 Å². The summed E-state index contributed by atoms with van der Waals surface area (Å²) < 4.78 is 12.7. The summed E-state index contributed by atoms with van der Waals surface area (Å²) >= 11 is 1.79. The first-order chi connectivity index (χ1) is 8.74. The normalized spacial score (nSPS) is 11.0. The van der Waals surface area contributed by atoms with Gasteiger partial charge in [0, 0.05) is 10.6 Å². The Labute approximate surface area is 112 Å². The second-order valence-electron chi connectivity index (χ2n) is 4.08. The zero-order valence-electron chi connectivity index (χ0n) is 10.3. The van der Waals surface area contributed by atoms with Gasteiger partial charge in [-0.25, -0.2) is 4.39 Å². The molecule has 0 atom stereocenters. The zero-order chi connectivity index (χ0) is 12.8. The summed E-state index contributed by atoms with van der Waals surface area (Å²) in [4.78, 5) is 1.27. The van der Waals surface area contributed by atoms with Crippen molar-refractivity contribution >= 4 is 17.8 Å². The van der Waals surface area contributed by atoms with Crippen molar-refractivity contribution < 1.29 is 4.39 Å². The zero-order valence-corrected chi connectivity index (χ0v) is 11.1. The molecule has 92 valence electrons. The first kappa shape index (κ1) is 12.9. The standard InChI is InChI=1S/C16H15FS/c1-13-4-10-16(11-5-13)18-12-2-3-14-6-8-15(17)9-7-14/h2-11H,12H2,1H3/b3-2+. The van der Waals surface area contributed by atoms with Crippen LogP contribution in [-0.4, -0.2) is 5.75 Å². The molecule has 0 heterocycles. The Balaban J connectivity index is 1.84. The molecule has 0 saturated carbocycles. The number of halogens is 1. The molecule has 0 bridgehead atoms. The van der Waals surface area contributed by atoms with E-state index in [9.17, 15) is 4.39 Å². The van der Waals surface area contributed by atoms with Crippen molar-refractivity contribution in [1.29, 1.82) is 0 Å². The van der Waals surface area contributed by atoms with E-state index in [1.807, 2.05) is 6.08 Å². The molecule has 0 fully saturated rings. The third-order valence-corrected chi connectivity index (χ3v) is 3.51. The number of rotatable bonds is 4. The van der Waals surface area contributed by atoms with Gasteiger partial charge in [0.15, 0.2) is 0 Å². The van der Waals surface area contributed by atoms with Gasteiger partial charge < -0.3 is 0 Å². The Morgan fingerprint density at radius 1 is 1.00 bits per heavy atom. The molecule has 0 unspecified atom stereocenters. The largest absolute Gasteiger partial charge is 0.207 e. The maximum atomic E-state index is 12.7. The Morgan fingerprint density at radius 3 is 2.33 bits per heavy atom. The van der Waals surface area contributed by atoms with E-state index >= 15 is 0 Å². The van der Waals surface area contributed by atoms with Crippen LogP contribution in [0.4, 0.5) is 4.39 Å². The number of benzene rings is 2. The van der Waals surface area contributed by atoms with Gasteiger partial charge in [0.1, 0.15) is 5.82 Å². The van der Waals surface area contributed by atoms with Gasteiger partial charge in [0.2, 0.25) is 0 Å². The molecular weight excluding hydrogens is 243 g/mol. The summed E-state index contributed by atoms with van der Waals surface area (Å²) in [6.45, 7) is 2.09. The molecule has 0 N–H and O–H groups in total. The van der Waals surface area contributed by atoms with Crippen LogP contribution in [0.5, 0.6) is 0 Å². The van der Waals surface area contributed by atoms with Crippen molar-refractivity contribution in [2.75, 3.05) is 5.75 Å². The maximum absolute atomic E-state index is 12.7. The van der Waals surface area contributed by atoms with Crippen molar-refractivity contribution in [3.63, 3.8) is 0 Å². The van der Waals surface area contributed by atoms with Crippen molar-refractivity contribution in [3.8, 4) is 0 Å². The molecule has 0 radical (unpaired) electrons. The fourth-order valence-corrected chi connectivity index (χ4v) is 2.25. The van der Waals surface area contributed by atoms with Crippen LogP contribution in [0.2, 0.25) is 0 Å². The summed E-state index contributed by atoms with van der Waals surface area (Å²) in [5.41, 5.74) is 2.31. The molecule has 18 heavy (non-hydrogen) atoms. The molecule has 0 aliphatic carbocycles. The molecular formula is C16H15FS. The highest BCUT2D eigenvalue weighted by Crippen LogP contribution is 2.18. The maximum Gasteiger partial charge on any atom is 0.123 e. The van der Waals surface area contributed by atoms with Crippen LogP contribution >= 0.6 is 11.8 Å². The van der Waals surface area contributed by atoms with Gasteiger partial charge in [-0.3, -0.25) is 0 Å². The lowest BCUT2D eigenvalue weighted by molar-refractivity contribution is 0.628. The smallest absolute Gasteiger partial charge is 0.123 e. The highest BCUT2D eigenvalue weighted by atomic mass is 32.2. The van der Waals surface area contributed by atoms with Gasteiger partial charge in [-0.2, -0.15) is 0 Å². The van der Waals surface area contributed by atoms with Gasteiger partial charge in [-0.15, -0.1) is 11.8 Å². The van der Waals surface area contributed by atoms with Crippen molar-refractivity contribution in [2.45, 2.75) is 11.8 Å². The van der Waals surface area contributed by atoms with Crippen LogP contribution in [0, 0.1) is 12.7 Å². The Hall–Kier alpha value is -1.54. The van der Waals surface area contributed by atoms with E-state index in [1.165, 1.54) is 22.6 Å². The molecule has 0 aromatic heterocycles. The Morgan fingerprint density at radius 2 is 1.67 bits per heavy atom. The molecule has 0 aliphatic rings. The minimum atomic E-state index is -0.193. The van der Waals surface area contributed by atoms with E-state index < -0.39 is 0 Å². The van der Waals surface area contributed by atoms with Crippen LogP contribution in [0.25, 0.3) is 6.08 Å². The third kappa shape index (κ3) is 4.04. The molecule has 0 amide bonds. The molecule has 0 saturated heterocycles. The molecule has 2 heteroatoms. The first-order valence-corrected chi connectivity index (χ1v) is 6.84. The van der Waals surface area contributed by atoms with Gasteiger partial charge in [0.25, 0.3) is 0 Å². The number of thioether (sulfide) groups is 1. The van der Waals surface area contributed by atoms with Gasteiger partial charge in [0.05, 0.1) is 0 Å². The fourth-order valence-electron chi connectivity index (χ4n) is 1.54. The lowest BCUT2D eigenvalue weighted by atomic mass is 10.2. The summed E-state index contributed by atoms with van der Waals surface area (Å²) in [5, 5.41) is 0. The first-order valence-electron chi connectivity index (χ1n) is 5.85. The minimum Gasteiger partial charge on any atom is -0.207 e. The molecule has 2 aromatic carbocycles. The molecule has 2 rings (SSSR count). The van der Waals surface area contributed by atoms with Crippen LogP contribution in [0.3, 0.4) is 0 Å². The van der Waals surface area contributed by atoms with Crippen LogP contribution in [0.1, 0.15) is 11.1 Å². The number of hydrogen-bond donors (Lipinski definition) is 0. The number of aryl methyl sites for hydroxylation is 1. The van der Waals surface area contributed by atoms with Crippen LogP contribution in [-0.2, 0) is 0 Å². The predicted molar refractivity (Wildman–Crippen MR) is 77.3 cm³/mol. The van der Waals surface area contributed by atoms with E-state index in [4.69, 9.17) is 0 Å². The second-order valence-corrected chi connectivity index (χ2v) is 5.17. The van der Waals surface area contributed by atoms with Crippen molar-refractivity contribution in [3.05, 3.63) is 71.6 Å². The highest BCUT2D eigenvalue weighted by Gasteiger charge is 1.92. The monoisotopic (exact) mass is 258 g/mol. The van der Waals surface area contributed by atoms with Crippen LogP contribution < -0.4 is 0 Å². The summed E-state index contributed by atoms with van der Waals surface area (Å²) in [5.74, 6) is 0.724. The number of hydrogen-bond acceptors (Lipinski definition) is 1. The summed E-state index contributed by atoms with van der Waals surface area (Å²) in [6.07, 6.45) is 4.11. The van der Waals surface area contributed by atoms with E-state index in [0.717, 1.165) is 11.3 Å². The second kappa shape index (κ2) is 6.41. The van der Waals surface area contributed by atoms with Gasteiger partial charge in [-0.1, -0.05) is 42.0 Å². The molecule has 0 spiro atoms. The van der Waals surface area contributed by atoms with Crippen molar-refractivity contribution in [1.82, 2.24) is 0 Å². The summed E-state index contributed by atoms with van der Waals surface area (Å²) in [7, 11) is 0. The van der Waals surface area contributed by atoms with E-state index in [1.54, 1.807) is 23.9 Å². The molecule has 0 aliphatic heterocycles. The topological polar surface area (TPSA) is 0 Å². The molecule has 2 aromatic rings. The van der Waals surface area contributed by atoms with Gasteiger partial charge >= 0.3 is 0 Å². The third-order valence-electron chi connectivity index (χ3n) is 2.55. The van der Waals surface area contributed by atoms with Gasteiger partial charge in [-0.05, 0) is 36.8 Å². The predicted octanol–water partition coefficient (Wildman–Crippen LogP) is 4.94. The molecule has 0 nitrogen and oxygen atoms in total. The minimum absolute atomic E-state index is 0.193. The Bertz CT molecular complexity index is 512. The SMILES string of the molecule is Cc1ccc(SC/C=C/c2ccc(F)cc2)cc1. The van der Waals surface area contributed by atoms with Crippen LogP contribution in [0.15, 0.2) is 59.5 Å². The Kier molecular flexibility index (Phi) is 4.59. The quantitative estimate of drug-likeness (QED) is 0.700. The van der Waals surface area contributed by atoms with E-state index in [-0.39, 0.29) is 5.82 Å². The average Bonchev–Trinajstić information content (AvgIpc) is 2.39. The van der Waals surface area contributed by atoms with Crippen molar-refractivity contribution in [2.24, 2.45) is 0 Å². The van der Waals surface area contributed by atoms with E-state index in [2.05, 4.69) is 37.3 Å². The highest BCUT2D eigenvalue weighted by molar-refractivity contribution is 7.99. The lowest BCUT2D eigenvalue weighted by Crippen LogP contribution is -1.77. The fraction of sp³-hybridized carbons (Fsp3) is 0.125. The lowest BCUT2D eigenvalue weighted by Gasteiger charge is -1.98.